The number of carboxylic acids is 1. The molecular weight excluding hydrogens is 372 g/mol. The van der Waals surface area contributed by atoms with Crippen LogP contribution in [0.3, 0.4) is 0 Å². The number of carbonyl (C=O) groups is 1. The lowest BCUT2D eigenvalue weighted by Gasteiger charge is -2.23. The van der Waals surface area contributed by atoms with Gasteiger partial charge in [0.1, 0.15) is 0 Å². The molecule has 1 unspecified atom stereocenters. The van der Waals surface area contributed by atoms with Crippen LogP contribution in [0, 0.1) is 0 Å². The summed E-state index contributed by atoms with van der Waals surface area (Å²) in [5, 5.41) is 20.1. The lowest BCUT2D eigenvalue weighted by molar-refractivity contribution is -0.160. The number of hydrogen-bond acceptors (Lipinski definition) is 2. The molecule has 0 bridgehead atoms. The molecule has 3 nitrogen and oxygen atoms in total. The number of benzene rings is 1. The summed E-state index contributed by atoms with van der Waals surface area (Å²) in [6.07, 6.45) is 22.3. The van der Waals surface area contributed by atoms with Crippen molar-refractivity contribution in [3.05, 3.63) is 35.9 Å². The summed E-state index contributed by atoms with van der Waals surface area (Å²) in [5.41, 5.74) is -1.27. The molecule has 0 aliphatic rings. The van der Waals surface area contributed by atoms with Crippen molar-refractivity contribution in [3.8, 4) is 0 Å². The molecule has 0 saturated carbocycles. The van der Waals surface area contributed by atoms with E-state index >= 15 is 0 Å². The number of carboxylic acid groups (broad SMARTS) is 1. The van der Waals surface area contributed by atoms with Crippen LogP contribution < -0.4 is 0 Å². The number of aliphatic carboxylic acids is 1. The van der Waals surface area contributed by atoms with E-state index in [1.807, 2.05) is 6.07 Å². The Bertz CT molecular complexity index is 528. The summed E-state index contributed by atoms with van der Waals surface area (Å²) in [6, 6.07) is 8.78. The van der Waals surface area contributed by atoms with E-state index in [-0.39, 0.29) is 6.42 Å². The zero-order valence-electron chi connectivity index (χ0n) is 19.4. The zero-order chi connectivity index (χ0) is 21.9. The maximum absolute atomic E-state index is 11.6. The van der Waals surface area contributed by atoms with Crippen molar-refractivity contribution >= 4 is 5.97 Å². The third-order valence-electron chi connectivity index (χ3n) is 6.25. The molecule has 0 aliphatic heterocycles. The highest BCUT2D eigenvalue weighted by Gasteiger charge is 2.37. The minimum atomic E-state index is -1.75. The Morgan fingerprint density at radius 2 is 1.03 bits per heavy atom. The largest absolute Gasteiger partial charge is 0.479 e. The summed E-state index contributed by atoms with van der Waals surface area (Å²) in [4.78, 5) is 11.6. The van der Waals surface area contributed by atoms with Crippen molar-refractivity contribution in [1.82, 2.24) is 0 Å². The van der Waals surface area contributed by atoms with Gasteiger partial charge in [0.15, 0.2) is 5.60 Å². The normalized spacial score (nSPS) is 13.3. The minimum Gasteiger partial charge on any atom is -0.479 e. The quantitative estimate of drug-likeness (QED) is 0.211. The Morgan fingerprint density at radius 1 is 0.667 bits per heavy atom. The molecular formula is C27H46O3. The first kappa shape index (κ1) is 26.7. The second kappa shape index (κ2) is 17.3. The molecule has 0 aromatic heterocycles. The molecule has 172 valence electrons. The molecule has 1 aromatic carbocycles. The first-order chi connectivity index (χ1) is 14.6. The van der Waals surface area contributed by atoms with E-state index in [2.05, 4.69) is 6.92 Å². The van der Waals surface area contributed by atoms with Gasteiger partial charge in [-0.15, -0.1) is 0 Å². The minimum absolute atomic E-state index is 0.283. The molecule has 0 aliphatic carbocycles. The third kappa shape index (κ3) is 11.7. The lowest BCUT2D eigenvalue weighted by Crippen LogP contribution is -2.35. The molecule has 0 amide bonds. The van der Waals surface area contributed by atoms with E-state index in [0.717, 1.165) is 19.3 Å². The van der Waals surface area contributed by atoms with E-state index in [4.69, 9.17) is 0 Å². The first-order valence-electron chi connectivity index (χ1n) is 12.6. The summed E-state index contributed by atoms with van der Waals surface area (Å²) >= 11 is 0. The highest BCUT2D eigenvalue weighted by molar-refractivity contribution is 5.79. The van der Waals surface area contributed by atoms with Crippen molar-refractivity contribution in [1.29, 1.82) is 0 Å². The lowest BCUT2D eigenvalue weighted by atomic mass is 9.88. The third-order valence-corrected chi connectivity index (χ3v) is 6.25. The zero-order valence-corrected chi connectivity index (χ0v) is 19.4. The van der Waals surface area contributed by atoms with Crippen LogP contribution in [0.2, 0.25) is 0 Å². The highest BCUT2D eigenvalue weighted by atomic mass is 16.4. The Kier molecular flexibility index (Phi) is 15.4. The van der Waals surface area contributed by atoms with Crippen LogP contribution in [0.15, 0.2) is 30.3 Å². The van der Waals surface area contributed by atoms with E-state index < -0.39 is 11.6 Å². The maximum atomic E-state index is 11.6. The predicted octanol–water partition coefficient (Wildman–Crippen LogP) is 8.00. The molecule has 0 spiro atoms. The van der Waals surface area contributed by atoms with Crippen LogP contribution in [0.25, 0.3) is 0 Å². The summed E-state index contributed by atoms with van der Waals surface area (Å²) < 4.78 is 0. The summed E-state index contributed by atoms with van der Waals surface area (Å²) in [6.45, 7) is 2.27. The number of unbranched alkanes of at least 4 members (excludes halogenated alkanes) is 16. The van der Waals surface area contributed by atoms with Gasteiger partial charge in [0.2, 0.25) is 0 Å². The van der Waals surface area contributed by atoms with Crippen LogP contribution in [-0.2, 0) is 10.4 Å². The van der Waals surface area contributed by atoms with Gasteiger partial charge in [0, 0.05) is 0 Å². The van der Waals surface area contributed by atoms with Crippen LogP contribution in [0.1, 0.15) is 128 Å². The monoisotopic (exact) mass is 418 g/mol. The van der Waals surface area contributed by atoms with Crippen LogP contribution in [0.4, 0.5) is 0 Å². The highest BCUT2D eigenvalue weighted by Crippen LogP contribution is 2.28. The number of aliphatic hydroxyl groups is 1. The van der Waals surface area contributed by atoms with Gasteiger partial charge in [-0.3, -0.25) is 0 Å². The summed E-state index contributed by atoms with van der Waals surface area (Å²) in [7, 11) is 0. The molecule has 1 atom stereocenters. The second-order valence-corrected chi connectivity index (χ2v) is 8.94. The maximum Gasteiger partial charge on any atom is 0.340 e. The van der Waals surface area contributed by atoms with Crippen molar-refractivity contribution in [2.75, 3.05) is 0 Å². The van der Waals surface area contributed by atoms with E-state index in [9.17, 15) is 15.0 Å². The Balaban J connectivity index is 1.93. The Labute approximate surface area is 185 Å². The molecule has 0 radical (unpaired) electrons. The van der Waals surface area contributed by atoms with E-state index in [0.29, 0.717) is 5.56 Å². The van der Waals surface area contributed by atoms with E-state index in [1.165, 1.54) is 89.9 Å². The van der Waals surface area contributed by atoms with Gasteiger partial charge >= 0.3 is 5.97 Å². The first-order valence-corrected chi connectivity index (χ1v) is 12.6. The van der Waals surface area contributed by atoms with E-state index in [1.54, 1.807) is 24.3 Å². The van der Waals surface area contributed by atoms with Gasteiger partial charge in [-0.05, 0) is 18.4 Å². The Hall–Kier alpha value is -1.35. The van der Waals surface area contributed by atoms with Crippen LogP contribution in [0.5, 0.6) is 0 Å². The topological polar surface area (TPSA) is 57.5 Å². The fraction of sp³-hybridized carbons (Fsp3) is 0.741. The molecule has 2 N–H and O–H groups in total. The van der Waals surface area contributed by atoms with Crippen LogP contribution in [-0.4, -0.2) is 16.2 Å². The van der Waals surface area contributed by atoms with Gasteiger partial charge in [-0.1, -0.05) is 140 Å². The van der Waals surface area contributed by atoms with Crippen molar-refractivity contribution in [2.24, 2.45) is 0 Å². The van der Waals surface area contributed by atoms with Crippen molar-refractivity contribution in [2.45, 2.75) is 128 Å². The molecule has 0 saturated heterocycles. The Morgan fingerprint density at radius 3 is 1.40 bits per heavy atom. The van der Waals surface area contributed by atoms with Crippen LogP contribution >= 0.6 is 0 Å². The molecule has 0 heterocycles. The molecule has 3 heteroatoms. The fourth-order valence-electron chi connectivity index (χ4n) is 4.19. The smallest absolute Gasteiger partial charge is 0.340 e. The summed E-state index contributed by atoms with van der Waals surface area (Å²) in [5.74, 6) is -1.15. The van der Waals surface area contributed by atoms with Gasteiger partial charge in [0.25, 0.3) is 0 Å². The fourth-order valence-corrected chi connectivity index (χ4v) is 4.19. The second-order valence-electron chi connectivity index (χ2n) is 8.94. The molecule has 1 rings (SSSR count). The SMILES string of the molecule is CCCCCCCCCCCCCCCCCCCC(O)(C(=O)O)c1ccccc1. The van der Waals surface area contributed by atoms with Crippen molar-refractivity contribution < 1.29 is 15.0 Å². The number of hydrogen-bond donors (Lipinski definition) is 2. The van der Waals surface area contributed by atoms with Gasteiger partial charge < -0.3 is 10.2 Å². The van der Waals surface area contributed by atoms with Gasteiger partial charge in [-0.25, -0.2) is 4.79 Å². The van der Waals surface area contributed by atoms with Gasteiger partial charge in [-0.2, -0.15) is 0 Å². The van der Waals surface area contributed by atoms with Crippen molar-refractivity contribution in [3.63, 3.8) is 0 Å². The average Bonchev–Trinajstić information content (AvgIpc) is 2.76. The molecule has 1 aromatic rings. The number of rotatable bonds is 20. The average molecular weight is 419 g/mol. The molecule has 0 fully saturated rings. The van der Waals surface area contributed by atoms with Gasteiger partial charge in [0.05, 0.1) is 0 Å². The standard InChI is InChI=1S/C27H46O3/c1-2-3-4-5-6-7-8-9-10-11-12-13-14-15-16-17-21-24-27(30,26(28)29)25-22-19-18-20-23-25/h18-20,22-23,30H,2-17,21,24H2,1H3,(H,28,29). The predicted molar refractivity (Wildman–Crippen MR) is 127 cm³/mol. The molecule has 30 heavy (non-hydrogen) atoms.